The summed E-state index contributed by atoms with van der Waals surface area (Å²) in [6.07, 6.45) is 4.25. The lowest BCUT2D eigenvalue weighted by molar-refractivity contribution is -0.120. The Balaban J connectivity index is 1.49. The van der Waals surface area contributed by atoms with Gasteiger partial charge in [-0.05, 0) is 43.1 Å². The van der Waals surface area contributed by atoms with E-state index in [1.165, 1.54) is 37.9 Å². The number of rotatable bonds is 8. The number of hydrogen-bond donors (Lipinski definition) is 1. The summed E-state index contributed by atoms with van der Waals surface area (Å²) in [7, 11) is 3.21. The number of piperidine rings is 1. The van der Waals surface area contributed by atoms with Crippen molar-refractivity contribution in [3.8, 4) is 11.5 Å². The molecule has 0 spiro atoms. The Hall–Kier alpha value is -2.53. The molecule has 5 heteroatoms. The number of benzene rings is 2. The molecule has 1 amide bonds. The highest BCUT2D eigenvalue weighted by atomic mass is 16.5. The first-order chi connectivity index (χ1) is 13.7. The summed E-state index contributed by atoms with van der Waals surface area (Å²) in [5.41, 5.74) is 3.29. The van der Waals surface area contributed by atoms with Crippen LogP contribution in [0, 0.1) is 0 Å². The molecular formula is C23H30N2O3. The molecule has 150 valence electrons. The molecule has 1 N–H and O–H groups in total. The van der Waals surface area contributed by atoms with Gasteiger partial charge in [0.15, 0.2) is 0 Å². The van der Waals surface area contributed by atoms with Crippen LogP contribution in [0.25, 0.3) is 0 Å². The van der Waals surface area contributed by atoms with Crippen LogP contribution in [0.5, 0.6) is 11.5 Å². The van der Waals surface area contributed by atoms with E-state index in [0.29, 0.717) is 18.0 Å². The summed E-state index contributed by atoms with van der Waals surface area (Å²) in [5, 5.41) is 2.99. The third kappa shape index (κ3) is 5.73. The summed E-state index contributed by atoms with van der Waals surface area (Å²) < 4.78 is 10.6. The second kappa shape index (κ2) is 10.1. The van der Waals surface area contributed by atoms with Crippen molar-refractivity contribution in [1.82, 2.24) is 10.2 Å². The number of nitrogens with one attached hydrogen (secondary N) is 1. The second-order valence-electron chi connectivity index (χ2n) is 7.28. The van der Waals surface area contributed by atoms with Crippen LogP contribution in [0.4, 0.5) is 0 Å². The van der Waals surface area contributed by atoms with Crippen LogP contribution in [-0.4, -0.2) is 38.1 Å². The van der Waals surface area contributed by atoms with Gasteiger partial charge in [0.1, 0.15) is 11.5 Å². The molecule has 28 heavy (non-hydrogen) atoms. The molecule has 0 bridgehead atoms. The minimum Gasteiger partial charge on any atom is -0.497 e. The van der Waals surface area contributed by atoms with E-state index in [4.69, 9.17) is 9.47 Å². The zero-order valence-electron chi connectivity index (χ0n) is 16.9. The van der Waals surface area contributed by atoms with Crippen molar-refractivity contribution < 1.29 is 14.3 Å². The van der Waals surface area contributed by atoms with Crippen molar-refractivity contribution in [2.45, 2.75) is 38.8 Å². The fraction of sp³-hybridized carbons (Fsp3) is 0.435. The van der Waals surface area contributed by atoms with Crippen LogP contribution in [0.3, 0.4) is 0 Å². The highest BCUT2D eigenvalue weighted by Crippen LogP contribution is 2.25. The van der Waals surface area contributed by atoms with E-state index >= 15 is 0 Å². The first-order valence-corrected chi connectivity index (χ1v) is 9.95. The fourth-order valence-corrected chi connectivity index (χ4v) is 3.57. The molecule has 1 saturated heterocycles. The van der Waals surface area contributed by atoms with E-state index in [1.54, 1.807) is 20.3 Å². The van der Waals surface area contributed by atoms with Crippen LogP contribution in [-0.2, 0) is 24.3 Å². The number of nitrogens with zero attached hydrogens (tertiary/aromatic N) is 1. The van der Waals surface area contributed by atoms with Crippen molar-refractivity contribution in [2.75, 3.05) is 27.3 Å². The lowest BCUT2D eigenvalue weighted by Crippen LogP contribution is -2.29. The normalized spacial score (nSPS) is 14.5. The van der Waals surface area contributed by atoms with E-state index in [-0.39, 0.29) is 12.3 Å². The molecule has 0 radical (unpaired) electrons. The summed E-state index contributed by atoms with van der Waals surface area (Å²) in [6.45, 7) is 3.95. The van der Waals surface area contributed by atoms with E-state index < -0.39 is 0 Å². The molecule has 0 aliphatic carbocycles. The molecule has 3 rings (SSSR count). The van der Waals surface area contributed by atoms with Crippen molar-refractivity contribution in [1.29, 1.82) is 0 Å². The third-order valence-electron chi connectivity index (χ3n) is 5.21. The van der Waals surface area contributed by atoms with Crippen molar-refractivity contribution >= 4 is 5.91 Å². The minimum absolute atomic E-state index is 0.0270. The number of likely N-dealkylation sites (tertiary alicyclic amines) is 1. The summed E-state index contributed by atoms with van der Waals surface area (Å²) in [6, 6.07) is 14.1. The zero-order valence-corrected chi connectivity index (χ0v) is 16.9. The van der Waals surface area contributed by atoms with Crippen molar-refractivity contribution in [2.24, 2.45) is 0 Å². The van der Waals surface area contributed by atoms with Gasteiger partial charge in [0.25, 0.3) is 0 Å². The Labute approximate surface area is 167 Å². The SMILES string of the molecule is COc1ccc(CC(=O)NCc2ccc(CN3CCCCC3)cc2)c(OC)c1. The quantitative estimate of drug-likeness (QED) is 0.759. The van der Waals surface area contributed by atoms with Crippen LogP contribution in [0.1, 0.15) is 36.0 Å². The van der Waals surface area contributed by atoms with Gasteiger partial charge >= 0.3 is 0 Å². The van der Waals surface area contributed by atoms with Crippen LogP contribution in [0.15, 0.2) is 42.5 Å². The lowest BCUT2D eigenvalue weighted by Gasteiger charge is -2.26. The molecule has 1 aliphatic rings. The smallest absolute Gasteiger partial charge is 0.224 e. The Bertz CT molecular complexity index is 768. The Morgan fingerprint density at radius 3 is 2.36 bits per heavy atom. The van der Waals surface area contributed by atoms with E-state index in [2.05, 4.69) is 34.5 Å². The van der Waals surface area contributed by atoms with Gasteiger partial charge in [-0.2, -0.15) is 0 Å². The zero-order chi connectivity index (χ0) is 19.8. The van der Waals surface area contributed by atoms with Gasteiger partial charge in [0.05, 0.1) is 20.6 Å². The van der Waals surface area contributed by atoms with Gasteiger partial charge in [-0.1, -0.05) is 36.8 Å². The van der Waals surface area contributed by atoms with Crippen LogP contribution in [0.2, 0.25) is 0 Å². The van der Waals surface area contributed by atoms with Gasteiger partial charge in [0, 0.05) is 24.7 Å². The highest BCUT2D eigenvalue weighted by Gasteiger charge is 2.11. The molecule has 5 nitrogen and oxygen atoms in total. The van der Waals surface area contributed by atoms with Gasteiger partial charge in [0.2, 0.25) is 5.91 Å². The number of ether oxygens (including phenoxy) is 2. The molecule has 0 unspecified atom stereocenters. The average molecular weight is 383 g/mol. The Kier molecular flexibility index (Phi) is 7.31. The maximum Gasteiger partial charge on any atom is 0.224 e. The predicted molar refractivity (Wildman–Crippen MR) is 111 cm³/mol. The number of carbonyl (C=O) groups is 1. The molecule has 0 atom stereocenters. The molecule has 0 aromatic heterocycles. The highest BCUT2D eigenvalue weighted by molar-refractivity contribution is 5.79. The maximum atomic E-state index is 12.3. The van der Waals surface area contributed by atoms with E-state index in [9.17, 15) is 4.79 Å². The molecule has 1 heterocycles. The largest absolute Gasteiger partial charge is 0.497 e. The average Bonchev–Trinajstić information content (AvgIpc) is 2.74. The molecular weight excluding hydrogens is 352 g/mol. The van der Waals surface area contributed by atoms with E-state index in [0.717, 1.165) is 17.7 Å². The molecule has 2 aromatic carbocycles. The van der Waals surface area contributed by atoms with Gasteiger partial charge < -0.3 is 14.8 Å². The topological polar surface area (TPSA) is 50.8 Å². The van der Waals surface area contributed by atoms with Gasteiger partial charge in [-0.15, -0.1) is 0 Å². The summed E-state index contributed by atoms with van der Waals surface area (Å²) >= 11 is 0. The minimum atomic E-state index is -0.0270. The molecule has 2 aromatic rings. The second-order valence-corrected chi connectivity index (χ2v) is 7.28. The lowest BCUT2D eigenvalue weighted by atomic mass is 10.1. The molecule has 0 saturated carbocycles. The van der Waals surface area contributed by atoms with Crippen LogP contribution >= 0.6 is 0 Å². The molecule has 1 aliphatic heterocycles. The van der Waals surface area contributed by atoms with Gasteiger partial charge in [-0.25, -0.2) is 0 Å². The number of amides is 1. The van der Waals surface area contributed by atoms with Crippen LogP contribution < -0.4 is 14.8 Å². The monoisotopic (exact) mass is 382 g/mol. The first kappa shape index (κ1) is 20.2. The number of hydrogen-bond acceptors (Lipinski definition) is 4. The summed E-state index contributed by atoms with van der Waals surface area (Å²) in [4.78, 5) is 14.8. The van der Waals surface area contributed by atoms with Crippen molar-refractivity contribution in [3.05, 3.63) is 59.2 Å². The van der Waals surface area contributed by atoms with Crippen molar-refractivity contribution in [3.63, 3.8) is 0 Å². The predicted octanol–water partition coefficient (Wildman–Crippen LogP) is 3.55. The Morgan fingerprint density at radius 1 is 0.964 bits per heavy atom. The number of methoxy groups -OCH3 is 2. The fourth-order valence-electron chi connectivity index (χ4n) is 3.57. The van der Waals surface area contributed by atoms with Gasteiger partial charge in [-0.3, -0.25) is 9.69 Å². The summed E-state index contributed by atoms with van der Waals surface area (Å²) in [5.74, 6) is 1.35. The Morgan fingerprint density at radius 2 is 1.68 bits per heavy atom. The standard InChI is InChI=1S/C23H30N2O3/c1-27-21-11-10-20(22(15-21)28-2)14-23(26)24-16-18-6-8-19(9-7-18)17-25-12-4-3-5-13-25/h6-11,15H,3-5,12-14,16-17H2,1-2H3,(H,24,26). The first-order valence-electron chi connectivity index (χ1n) is 9.95. The number of carbonyl (C=O) groups excluding carboxylic acids is 1. The molecule has 1 fully saturated rings. The van der Waals surface area contributed by atoms with E-state index in [1.807, 2.05) is 12.1 Å². The maximum absolute atomic E-state index is 12.3. The third-order valence-corrected chi connectivity index (χ3v) is 5.21.